The van der Waals surface area contributed by atoms with Gasteiger partial charge in [-0.2, -0.15) is 0 Å². The number of rotatable bonds is 5. The minimum atomic E-state index is -0.610. The molecule has 0 aliphatic rings. The van der Waals surface area contributed by atoms with Crippen molar-refractivity contribution < 1.29 is 14.5 Å². The summed E-state index contributed by atoms with van der Waals surface area (Å²) in [5.74, 6) is -0.897. The predicted molar refractivity (Wildman–Crippen MR) is 112 cm³/mol. The van der Waals surface area contributed by atoms with E-state index in [2.05, 4.69) is 16.0 Å². The molecule has 0 saturated carbocycles. The van der Waals surface area contributed by atoms with E-state index in [-0.39, 0.29) is 33.2 Å². The zero-order chi connectivity index (χ0) is 20.8. The van der Waals surface area contributed by atoms with Crippen molar-refractivity contribution in [3.05, 3.63) is 63.2 Å². The number of carbonyl (C=O) groups excluding carboxylic acids is 2. The second-order valence-electron chi connectivity index (χ2n) is 6.05. The molecule has 2 aromatic carbocycles. The molecule has 3 N–H and O–H groups in total. The van der Waals surface area contributed by atoms with Crippen LogP contribution in [-0.4, -0.2) is 21.9 Å². The molecule has 28 heavy (non-hydrogen) atoms. The first kappa shape index (κ1) is 21.3. The molecule has 10 heteroatoms. The topological polar surface area (TPSA) is 113 Å². The predicted octanol–water partition coefficient (Wildman–Crippen LogP) is 3.97. The lowest BCUT2D eigenvalue weighted by molar-refractivity contribution is -0.384. The lowest BCUT2D eigenvalue weighted by Gasteiger charge is -2.12. The van der Waals surface area contributed by atoms with Crippen molar-refractivity contribution in [1.82, 2.24) is 5.32 Å². The number of thiocarbonyl (C=S) groups is 1. The molecule has 0 aromatic heterocycles. The Morgan fingerprint density at radius 1 is 1.11 bits per heavy atom. The fourth-order valence-electron chi connectivity index (χ4n) is 2.10. The van der Waals surface area contributed by atoms with Gasteiger partial charge in [-0.05, 0) is 36.5 Å². The normalized spacial score (nSPS) is 10.3. The molecule has 0 bridgehead atoms. The number of nitro groups is 1. The van der Waals surface area contributed by atoms with Crippen LogP contribution in [0.25, 0.3) is 0 Å². The van der Waals surface area contributed by atoms with Gasteiger partial charge in [0.1, 0.15) is 0 Å². The number of hydrogen-bond donors (Lipinski definition) is 3. The first-order chi connectivity index (χ1) is 13.2. The highest BCUT2D eigenvalue weighted by Gasteiger charge is 2.16. The molecule has 0 saturated heterocycles. The smallest absolute Gasteiger partial charge is 0.270 e. The highest BCUT2D eigenvalue weighted by atomic mass is 35.5. The summed E-state index contributed by atoms with van der Waals surface area (Å²) >= 11 is 11.1. The largest absolute Gasteiger partial charge is 0.332 e. The Labute approximate surface area is 171 Å². The van der Waals surface area contributed by atoms with Crippen LogP contribution in [0, 0.1) is 16.0 Å². The monoisotopic (exact) mass is 420 g/mol. The average molecular weight is 421 g/mol. The van der Waals surface area contributed by atoms with E-state index in [0.29, 0.717) is 11.4 Å². The van der Waals surface area contributed by atoms with Crippen LogP contribution >= 0.6 is 23.8 Å². The third-order valence-electron chi connectivity index (χ3n) is 3.55. The highest BCUT2D eigenvalue weighted by Crippen LogP contribution is 2.22. The Balaban J connectivity index is 2.03. The van der Waals surface area contributed by atoms with E-state index < -0.39 is 10.8 Å². The molecule has 0 aliphatic carbocycles. The summed E-state index contributed by atoms with van der Waals surface area (Å²) in [4.78, 5) is 34.2. The Morgan fingerprint density at radius 2 is 1.75 bits per heavy atom. The molecule has 146 valence electrons. The number of nitrogens with one attached hydrogen (secondary N) is 3. The summed E-state index contributed by atoms with van der Waals surface area (Å²) in [6, 6.07) is 10.3. The molecular formula is C18H17ClN4O4S. The zero-order valence-electron chi connectivity index (χ0n) is 15.0. The van der Waals surface area contributed by atoms with E-state index in [0.717, 1.165) is 6.07 Å². The Kier molecular flexibility index (Phi) is 7.02. The van der Waals surface area contributed by atoms with Gasteiger partial charge in [0, 0.05) is 29.4 Å². The van der Waals surface area contributed by atoms with Crippen molar-refractivity contribution in [3.8, 4) is 0 Å². The van der Waals surface area contributed by atoms with Crippen molar-refractivity contribution >= 4 is 57.8 Å². The summed E-state index contributed by atoms with van der Waals surface area (Å²) in [5.41, 5.74) is 0.967. The lowest BCUT2D eigenvalue weighted by atomic mass is 10.2. The van der Waals surface area contributed by atoms with Gasteiger partial charge in [-0.15, -0.1) is 0 Å². The minimum Gasteiger partial charge on any atom is -0.332 e. The summed E-state index contributed by atoms with van der Waals surface area (Å²) < 4.78 is 0. The van der Waals surface area contributed by atoms with Gasteiger partial charge in [0.25, 0.3) is 11.6 Å². The summed E-state index contributed by atoms with van der Waals surface area (Å²) in [6.07, 6.45) is 0. The molecular weight excluding hydrogens is 404 g/mol. The number of halogens is 1. The van der Waals surface area contributed by atoms with E-state index in [1.54, 1.807) is 38.1 Å². The summed E-state index contributed by atoms with van der Waals surface area (Å²) in [5, 5.41) is 18.7. The second kappa shape index (κ2) is 9.25. The number of benzene rings is 2. The van der Waals surface area contributed by atoms with Crippen LogP contribution in [0.15, 0.2) is 42.5 Å². The van der Waals surface area contributed by atoms with Gasteiger partial charge in [0.05, 0.1) is 15.5 Å². The number of nitrogens with zero attached hydrogens (tertiary/aromatic N) is 1. The molecule has 2 amide bonds. The quantitative estimate of drug-likeness (QED) is 0.383. The van der Waals surface area contributed by atoms with Crippen molar-refractivity contribution in [3.63, 3.8) is 0 Å². The van der Waals surface area contributed by atoms with Gasteiger partial charge in [-0.25, -0.2) is 0 Å². The fraction of sp³-hybridized carbons (Fsp3) is 0.167. The number of nitro benzene ring substituents is 1. The lowest BCUT2D eigenvalue weighted by Crippen LogP contribution is -2.34. The van der Waals surface area contributed by atoms with Crippen LogP contribution in [0.3, 0.4) is 0 Å². The number of amides is 2. The SMILES string of the molecule is CC(C)C(=O)Nc1cccc(NC(=S)NC(=O)c2ccc([N+](=O)[O-])cc2Cl)c1. The van der Waals surface area contributed by atoms with Crippen molar-refractivity contribution in [1.29, 1.82) is 0 Å². The standard InChI is InChI=1S/C18H17ClN4O4S/c1-10(2)16(24)20-11-4-3-5-12(8-11)21-18(28)22-17(25)14-7-6-13(23(26)27)9-15(14)19/h3-10H,1-2H3,(H,20,24)(H2,21,22,25,28). The molecule has 0 fully saturated rings. The minimum absolute atomic E-state index is 0.00626. The highest BCUT2D eigenvalue weighted by molar-refractivity contribution is 7.80. The maximum atomic E-state index is 12.3. The molecule has 8 nitrogen and oxygen atoms in total. The number of hydrogen-bond acceptors (Lipinski definition) is 5. The third kappa shape index (κ3) is 5.73. The van der Waals surface area contributed by atoms with Gasteiger partial charge < -0.3 is 10.6 Å². The van der Waals surface area contributed by atoms with Gasteiger partial charge in [-0.3, -0.25) is 25.0 Å². The van der Waals surface area contributed by atoms with E-state index in [4.69, 9.17) is 23.8 Å². The van der Waals surface area contributed by atoms with E-state index in [1.807, 2.05) is 0 Å². The molecule has 0 radical (unpaired) electrons. The molecule has 2 rings (SSSR count). The van der Waals surface area contributed by atoms with Crippen molar-refractivity contribution in [2.24, 2.45) is 5.92 Å². The zero-order valence-corrected chi connectivity index (χ0v) is 16.6. The van der Waals surface area contributed by atoms with Crippen molar-refractivity contribution in [2.75, 3.05) is 10.6 Å². The number of anilines is 2. The molecule has 0 heterocycles. The molecule has 0 aliphatic heterocycles. The first-order valence-corrected chi connectivity index (χ1v) is 8.93. The van der Waals surface area contributed by atoms with E-state index in [1.165, 1.54) is 12.1 Å². The third-order valence-corrected chi connectivity index (χ3v) is 4.06. The summed E-state index contributed by atoms with van der Waals surface area (Å²) in [6.45, 7) is 3.57. The van der Waals surface area contributed by atoms with Crippen LogP contribution in [0.5, 0.6) is 0 Å². The van der Waals surface area contributed by atoms with Gasteiger partial charge in [-0.1, -0.05) is 31.5 Å². The average Bonchev–Trinajstić information content (AvgIpc) is 2.61. The van der Waals surface area contributed by atoms with E-state index in [9.17, 15) is 19.7 Å². The molecule has 0 atom stereocenters. The number of non-ortho nitro benzene ring substituents is 1. The maximum absolute atomic E-state index is 12.3. The van der Waals surface area contributed by atoms with Crippen LogP contribution in [0.4, 0.5) is 17.1 Å². The Bertz CT molecular complexity index is 949. The Hall–Kier alpha value is -3.04. The molecule has 0 unspecified atom stereocenters. The van der Waals surface area contributed by atoms with Crippen molar-refractivity contribution in [2.45, 2.75) is 13.8 Å². The molecule has 0 spiro atoms. The fourth-order valence-corrected chi connectivity index (χ4v) is 2.57. The van der Waals surface area contributed by atoms with Crippen LogP contribution in [0.2, 0.25) is 5.02 Å². The van der Waals surface area contributed by atoms with Gasteiger partial charge in [0.2, 0.25) is 5.91 Å². The maximum Gasteiger partial charge on any atom is 0.270 e. The van der Waals surface area contributed by atoms with Gasteiger partial charge in [0.15, 0.2) is 5.11 Å². The second-order valence-corrected chi connectivity index (χ2v) is 6.87. The Morgan fingerprint density at radius 3 is 2.32 bits per heavy atom. The van der Waals surface area contributed by atoms with E-state index >= 15 is 0 Å². The van der Waals surface area contributed by atoms with Crippen LogP contribution in [0.1, 0.15) is 24.2 Å². The first-order valence-electron chi connectivity index (χ1n) is 8.14. The molecule has 2 aromatic rings. The van der Waals surface area contributed by atoms with Crippen LogP contribution in [-0.2, 0) is 4.79 Å². The number of carbonyl (C=O) groups is 2. The van der Waals surface area contributed by atoms with Gasteiger partial charge >= 0.3 is 0 Å². The van der Waals surface area contributed by atoms with Crippen LogP contribution < -0.4 is 16.0 Å². The summed E-state index contributed by atoms with van der Waals surface area (Å²) in [7, 11) is 0.